The monoisotopic (exact) mass is 405 g/mol. The van der Waals surface area contributed by atoms with E-state index in [0.29, 0.717) is 22.8 Å². The molecular formula is C19H24ClN5O3. The predicted molar refractivity (Wildman–Crippen MR) is 107 cm³/mol. The molecule has 0 saturated carbocycles. The molecule has 2 heterocycles. The van der Waals surface area contributed by atoms with Gasteiger partial charge in [-0.15, -0.1) is 0 Å². The number of nitrogen functional groups attached to an aromatic ring is 1. The highest BCUT2D eigenvalue weighted by molar-refractivity contribution is 6.34. The molecule has 0 unspecified atom stereocenters. The maximum absolute atomic E-state index is 12.5. The van der Waals surface area contributed by atoms with E-state index in [0.717, 1.165) is 32.7 Å². The average Bonchev–Trinajstić information content (AvgIpc) is 2.98. The fraction of sp³-hybridized carbons (Fsp3) is 0.421. The maximum atomic E-state index is 12.5. The Morgan fingerprint density at radius 1 is 1.25 bits per heavy atom. The summed E-state index contributed by atoms with van der Waals surface area (Å²) < 4.78 is 6.78. The number of nitrogens with two attached hydrogens (primary N) is 1. The van der Waals surface area contributed by atoms with E-state index in [1.54, 1.807) is 35.9 Å². The summed E-state index contributed by atoms with van der Waals surface area (Å²) in [5.41, 5.74) is 7.12. The lowest BCUT2D eigenvalue weighted by Gasteiger charge is -2.27. The zero-order chi connectivity index (χ0) is 20.1. The molecule has 1 aromatic carbocycles. The number of aromatic nitrogens is 2. The average molecular weight is 406 g/mol. The Balaban J connectivity index is 1.61. The number of nitrogens with one attached hydrogen (secondary N) is 1. The van der Waals surface area contributed by atoms with Crippen LogP contribution >= 0.6 is 11.6 Å². The smallest absolute Gasteiger partial charge is 0.344 e. The minimum Gasteiger partial charge on any atom is -0.454 e. The van der Waals surface area contributed by atoms with Gasteiger partial charge in [-0.3, -0.25) is 9.69 Å². The van der Waals surface area contributed by atoms with Gasteiger partial charge in [-0.1, -0.05) is 23.7 Å². The van der Waals surface area contributed by atoms with Crippen molar-refractivity contribution in [2.24, 2.45) is 0 Å². The Morgan fingerprint density at radius 3 is 2.68 bits per heavy atom. The number of carbonyl (C=O) groups excluding carboxylic acids is 2. The first-order valence-corrected chi connectivity index (χ1v) is 9.56. The van der Waals surface area contributed by atoms with E-state index < -0.39 is 12.6 Å². The molecule has 1 aliphatic heterocycles. The molecule has 0 aliphatic carbocycles. The topological polar surface area (TPSA) is 102 Å². The predicted octanol–water partition coefficient (Wildman–Crippen LogP) is 1.37. The van der Waals surface area contributed by atoms with Crippen LogP contribution in [0.15, 0.2) is 24.3 Å². The first-order valence-electron chi connectivity index (χ1n) is 9.18. The quantitative estimate of drug-likeness (QED) is 0.529. The molecule has 8 nitrogen and oxygen atoms in total. The van der Waals surface area contributed by atoms with E-state index in [1.807, 2.05) is 0 Å². The Morgan fingerprint density at radius 2 is 1.96 bits per heavy atom. The van der Waals surface area contributed by atoms with E-state index in [9.17, 15) is 9.59 Å². The Hall–Kier alpha value is -2.42. The van der Waals surface area contributed by atoms with E-state index in [4.69, 9.17) is 22.1 Å². The molecule has 0 amide bonds. The summed E-state index contributed by atoms with van der Waals surface area (Å²) in [6, 6.07) is 6.63. The highest BCUT2D eigenvalue weighted by Crippen LogP contribution is 2.19. The second-order valence-corrected chi connectivity index (χ2v) is 7.05. The molecule has 0 radical (unpaired) electrons. The van der Waals surface area contributed by atoms with Crippen LogP contribution in [-0.2, 0) is 11.3 Å². The highest BCUT2D eigenvalue weighted by atomic mass is 35.5. The van der Waals surface area contributed by atoms with Gasteiger partial charge in [-0.2, -0.15) is 5.10 Å². The lowest BCUT2D eigenvalue weighted by molar-refractivity contribution is 0.0475. The van der Waals surface area contributed by atoms with Crippen LogP contribution in [0.2, 0.25) is 5.02 Å². The van der Waals surface area contributed by atoms with Gasteiger partial charge < -0.3 is 15.8 Å². The summed E-state index contributed by atoms with van der Waals surface area (Å²) in [5, 5.41) is 7.98. The van der Waals surface area contributed by atoms with Crippen molar-refractivity contribution < 1.29 is 14.3 Å². The van der Waals surface area contributed by atoms with Crippen LogP contribution in [0, 0.1) is 6.92 Å². The normalized spacial score (nSPS) is 14.8. The van der Waals surface area contributed by atoms with Crippen molar-refractivity contribution >= 4 is 29.2 Å². The van der Waals surface area contributed by atoms with Gasteiger partial charge in [-0.05, 0) is 19.1 Å². The number of ketones is 1. The van der Waals surface area contributed by atoms with Crippen molar-refractivity contribution in [2.45, 2.75) is 13.5 Å². The van der Waals surface area contributed by atoms with Gasteiger partial charge in [-0.25, -0.2) is 9.48 Å². The second-order valence-electron chi connectivity index (χ2n) is 6.64. The lowest BCUT2D eigenvalue weighted by Crippen LogP contribution is -2.44. The van der Waals surface area contributed by atoms with Crippen molar-refractivity contribution in [1.82, 2.24) is 20.0 Å². The van der Waals surface area contributed by atoms with Gasteiger partial charge in [0.15, 0.2) is 6.61 Å². The van der Waals surface area contributed by atoms with Crippen LogP contribution in [-0.4, -0.2) is 65.8 Å². The van der Waals surface area contributed by atoms with E-state index >= 15 is 0 Å². The number of Topliss-reactive ketones (excluding diaryl/α,β-unsaturated/α-hetero) is 1. The van der Waals surface area contributed by atoms with Crippen LogP contribution in [0.3, 0.4) is 0 Å². The summed E-state index contributed by atoms with van der Waals surface area (Å²) in [5.74, 6) is -0.784. The standard InChI is InChI=1S/C19H24ClN5O3/c1-13-17(18(21)25(23-13)11-10-24-8-6-22-7-9-24)19(27)28-12-16(26)14-4-2-3-5-15(14)20/h2-5,22H,6-12,21H2,1H3. The molecule has 2 aromatic rings. The van der Waals surface area contributed by atoms with Gasteiger partial charge in [0.2, 0.25) is 5.78 Å². The van der Waals surface area contributed by atoms with Gasteiger partial charge in [0.1, 0.15) is 11.4 Å². The molecule has 1 aromatic heterocycles. The summed E-state index contributed by atoms with van der Waals surface area (Å²) >= 11 is 6.00. The second kappa shape index (κ2) is 9.18. The van der Waals surface area contributed by atoms with E-state index in [1.165, 1.54) is 0 Å². The minimum absolute atomic E-state index is 0.201. The van der Waals surface area contributed by atoms with Gasteiger partial charge in [0, 0.05) is 38.3 Å². The first kappa shape index (κ1) is 20.3. The van der Waals surface area contributed by atoms with E-state index in [-0.39, 0.29) is 17.2 Å². The van der Waals surface area contributed by atoms with Gasteiger partial charge in [0.05, 0.1) is 17.3 Å². The summed E-state index contributed by atoms with van der Waals surface area (Å²) in [6.07, 6.45) is 0. The number of aryl methyl sites for hydroxylation is 1. The number of hydrogen-bond donors (Lipinski definition) is 2. The fourth-order valence-corrected chi connectivity index (χ4v) is 3.40. The summed E-state index contributed by atoms with van der Waals surface area (Å²) in [4.78, 5) is 27.0. The number of esters is 1. The van der Waals surface area contributed by atoms with Crippen molar-refractivity contribution in [3.05, 3.63) is 46.1 Å². The van der Waals surface area contributed by atoms with Crippen molar-refractivity contribution in [3.63, 3.8) is 0 Å². The van der Waals surface area contributed by atoms with Crippen molar-refractivity contribution in [2.75, 3.05) is 45.1 Å². The van der Waals surface area contributed by atoms with Crippen LogP contribution < -0.4 is 11.1 Å². The minimum atomic E-state index is -0.663. The Labute approximate surface area is 168 Å². The number of piperazine rings is 1. The Bertz CT molecular complexity index is 861. The molecule has 150 valence electrons. The summed E-state index contributed by atoms with van der Waals surface area (Å²) in [7, 11) is 0. The van der Waals surface area contributed by atoms with Crippen LogP contribution in [0.1, 0.15) is 26.4 Å². The number of anilines is 1. The zero-order valence-electron chi connectivity index (χ0n) is 15.8. The molecular weight excluding hydrogens is 382 g/mol. The zero-order valence-corrected chi connectivity index (χ0v) is 16.5. The summed E-state index contributed by atoms with van der Waals surface area (Å²) in [6.45, 7) is 6.54. The van der Waals surface area contributed by atoms with Crippen LogP contribution in [0.25, 0.3) is 0 Å². The van der Waals surface area contributed by atoms with E-state index in [2.05, 4.69) is 15.3 Å². The number of carbonyl (C=O) groups is 2. The molecule has 28 heavy (non-hydrogen) atoms. The SMILES string of the molecule is Cc1nn(CCN2CCNCC2)c(N)c1C(=O)OCC(=O)c1ccccc1Cl. The third-order valence-electron chi connectivity index (χ3n) is 4.72. The molecule has 3 N–H and O–H groups in total. The first-order chi connectivity index (χ1) is 13.5. The molecule has 3 rings (SSSR count). The van der Waals surface area contributed by atoms with Gasteiger partial charge >= 0.3 is 5.97 Å². The van der Waals surface area contributed by atoms with Crippen molar-refractivity contribution in [1.29, 1.82) is 0 Å². The molecule has 1 saturated heterocycles. The third kappa shape index (κ3) is 4.70. The number of ether oxygens (including phenoxy) is 1. The molecule has 0 spiro atoms. The number of halogens is 1. The number of rotatable bonds is 7. The highest BCUT2D eigenvalue weighted by Gasteiger charge is 2.23. The van der Waals surface area contributed by atoms with Crippen LogP contribution in [0.4, 0.5) is 5.82 Å². The number of benzene rings is 1. The van der Waals surface area contributed by atoms with Crippen LogP contribution in [0.5, 0.6) is 0 Å². The van der Waals surface area contributed by atoms with Crippen molar-refractivity contribution in [3.8, 4) is 0 Å². The van der Waals surface area contributed by atoms with Gasteiger partial charge in [0.25, 0.3) is 0 Å². The molecule has 1 fully saturated rings. The largest absolute Gasteiger partial charge is 0.454 e. The molecule has 0 bridgehead atoms. The fourth-order valence-electron chi connectivity index (χ4n) is 3.16. The number of nitrogens with zero attached hydrogens (tertiary/aromatic N) is 3. The molecule has 0 atom stereocenters. The lowest BCUT2D eigenvalue weighted by atomic mass is 10.1. The maximum Gasteiger partial charge on any atom is 0.344 e. The molecule has 9 heteroatoms. The molecule has 1 aliphatic rings. The third-order valence-corrected chi connectivity index (χ3v) is 5.05. The Kier molecular flexibility index (Phi) is 6.66. The number of hydrogen-bond acceptors (Lipinski definition) is 7.